The molecule has 1 aromatic heterocycles. The molecule has 1 aromatic carbocycles. The van der Waals surface area contributed by atoms with Gasteiger partial charge in [0, 0.05) is 0 Å². The van der Waals surface area contributed by atoms with E-state index < -0.39 is 0 Å². The number of aromatic nitrogens is 2. The number of hydrogen-bond acceptors (Lipinski definition) is 4. The van der Waals surface area contributed by atoms with E-state index in [2.05, 4.69) is 16.9 Å². The number of rotatable bonds is 3. The van der Waals surface area contributed by atoms with Crippen LogP contribution in [0.4, 0.5) is 5.69 Å². The molecule has 0 spiro atoms. The van der Waals surface area contributed by atoms with Gasteiger partial charge in [0.2, 0.25) is 5.88 Å². The Bertz CT molecular complexity index is 531. The molecule has 5 heteroatoms. The molecule has 0 bridgehead atoms. The highest BCUT2D eigenvalue weighted by atomic mass is 35.5. The first-order valence-electron chi connectivity index (χ1n) is 5.23. The zero-order valence-corrected chi connectivity index (χ0v) is 10.1. The molecule has 0 aliphatic rings. The third-order valence-corrected chi connectivity index (χ3v) is 2.62. The summed E-state index contributed by atoms with van der Waals surface area (Å²) in [7, 11) is 0. The molecule has 2 aromatic rings. The van der Waals surface area contributed by atoms with Crippen LogP contribution in [0, 0.1) is 0 Å². The van der Waals surface area contributed by atoms with Crippen molar-refractivity contribution in [1.29, 1.82) is 0 Å². The van der Waals surface area contributed by atoms with Crippen LogP contribution in [0.5, 0.6) is 11.6 Å². The zero-order chi connectivity index (χ0) is 12.3. The van der Waals surface area contributed by atoms with E-state index >= 15 is 0 Å². The first kappa shape index (κ1) is 11.7. The predicted molar refractivity (Wildman–Crippen MR) is 67.3 cm³/mol. The summed E-state index contributed by atoms with van der Waals surface area (Å²) in [5.74, 6) is 0.962. The molecule has 0 aliphatic carbocycles. The summed E-state index contributed by atoms with van der Waals surface area (Å²) in [6.07, 6.45) is 2.26. The zero-order valence-electron chi connectivity index (χ0n) is 9.35. The van der Waals surface area contributed by atoms with Crippen molar-refractivity contribution in [3.05, 3.63) is 41.3 Å². The van der Waals surface area contributed by atoms with Crippen LogP contribution in [0.3, 0.4) is 0 Å². The summed E-state index contributed by atoms with van der Waals surface area (Å²) in [6.45, 7) is 2.08. The Balaban J connectivity index is 2.28. The molecular weight excluding hydrogens is 238 g/mol. The highest BCUT2D eigenvalue weighted by Gasteiger charge is 2.08. The van der Waals surface area contributed by atoms with Crippen molar-refractivity contribution < 1.29 is 4.74 Å². The lowest BCUT2D eigenvalue weighted by atomic mass is 10.2. The normalized spacial score (nSPS) is 10.2. The molecule has 0 radical (unpaired) electrons. The van der Waals surface area contributed by atoms with Crippen molar-refractivity contribution in [2.75, 3.05) is 5.73 Å². The summed E-state index contributed by atoms with van der Waals surface area (Å²) < 4.78 is 5.57. The average molecular weight is 250 g/mol. The number of benzene rings is 1. The molecule has 4 nitrogen and oxygen atoms in total. The average Bonchev–Trinajstić information content (AvgIpc) is 2.35. The van der Waals surface area contributed by atoms with Crippen molar-refractivity contribution in [3.63, 3.8) is 0 Å². The van der Waals surface area contributed by atoms with Crippen LogP contribution in [-0.2, 0) is 6.42 Å². The molecule has 0 saturated heterocycles. The maximum Gasteiger partial charge on any atom is 0.247 e. The third-order valence-electron chi connectivity index (χ3n) is 2.32. The fourth-order valence-corrected chi connectivity index (χ4v) is 1.51. The fraction of sp³-hybridized carbons (Fsp3) is 0.167. The number of ether oxygens (including phenoxy) is 1. The number of anilines is 1. The minimum atomic E-state index is 0.196. The Labute approximate surface area is 104 Å². The van der Waals surface area contributed by atoms with Gasteiger partial charge in [-0.1, -0.05) is 30.7 Å². The van der Waals surface area contributed by atoms with E-state index in [1.54, 1.807) is 0 Å². The number of hydrogen-bond donors (Lipinski definition) is 1. The SMILES string of the molecule is CCc1cccc(Oc2ncnc(Cl)c2N)c1. The molecule has 88 valence electrons. The smallest absolute Gasteiger partial charge is 0.247 e. The number of aryl methyl sites for hydroxylation is 1. The Morgan fingerprint density at radius 3 is 2.94 bits per heavy atom. The second-order valence-electron chi connectivity index (χ2n) is 3.49. The summed E-state index contributed by atoms with van der Waals surface area (Å²) in [5, 5.41) is 0.196. The molecule has 17 heavy (non-hydrogen) atoms. The lowest BCUT2D eigenvalue weighted by Gasteiger charge is -2.08. The van der Waals surface area contributed by atoms with Gasteiger partial charge in [0.05, 0.1) is 0 Å². The minimum Gasteiger partial charge on any atom is -0.437 e. The standard InChI is InChI=1S/C12H12ClN3O/c1-2-8-4-3-5-9(6-8)17-12-10(14)11(13)15-7-16-12/h3-7H,2,14H2,1H3. The fourth-order valence-electron chi connectivity index (χ4n) is 1.38. The van der Waals surface area contributed by atoms with Gasteiger partial charge in [-0.2, -0.15) is 4.98 Å². The summed E-state index contributed by atoms with van der Waals surface area (Å²) >= 11 is 5.78. The van der Waals surface area contributed by atoms with Gasteiger partial charge in [-0.15, -0.1) is 0 Å². The summed E-state index contributed by atoms with van der Waals surface area (Å²) in [5.41, 5.74) is 7.15. The van der Waals surface area contributed by atoms with Crippen LogP contribution in [0.15, 0.2) is 30.6 Å². The molecule has 1 heterocycles. The molecule has 0 fully saturated rings. The van der Waals surface area contributed by atoms with E-state index in [1.165, 1.54) is 11.9 Å². The quantitative estimate of drug-likeness (QED) is 0.850. The topological polar surface area (TPSA) is 61.0 Å². The van der Waals surface area contributed by atoms with Gasteiger partial charge in [0.1, 0.15) is 17.8 Å². The van der Waals surface area contributed by atoms with Gasteiger partial charge in [-0.05, 0) is 24.1 Å². The molecule has 0 amide bonds. The first-order chi connectivity index (χ1) is 8.20. The van der Waals surface area contributed by atoms with Crippen molar-refractivity contribution in [2.45, 2.75) is 13.3 Å². The van der Waals surface area contributed by atoms with Gasteiger partial charge >= 0.3 is 0 Å². The Morgan fingerprint density at radius 2 is 2.18 bits per heavy atom. The van der Waals surface area contributed by atoms with E-state index in [9.17, 15) is 0 Å². The van der Waals surface area contributed by atoms with Gasteiger partial charge in [-0.25, -0.2) is 4.98 Å². The number of nitrogens with two attached hydrogens (primary N) is 1. The van der Waals surface area contributed by atoms with Crippen LogP contribution in [0.1, 0.15) is 12.5 Å². The second kappa shape index (κ2) is 5.01. The Hall–Kier alpha value is -1.81. The minimum absolute atomic E-state index is 0.196. The molecule has 0 atom stereocenters. The monoisotopic (exact) mass is 249 g/mol. The van der Waals surface area contributed by atoms with Crippen LogP contribution in [0.2, 0.25) is 5.15 Å². The van der Waals surface area contributed by atoms with Gasteiger partial charge in [0.25, 0.3) is 0 Å². The van der Waals surface area contributed by atoms with E-state index in [4.69, 9.17) is 22.1 Å². The summed E-state index contributed by atoms with van der Waals surface area (Å²) in [6, 6.07) is 7.74. The van der Waals surface area contributed by atoms with E-state index in [0.717, 1.165) is 6.42 Å². The largest absolute Gasteiger partial charge is 0.437 e. The molecule has 2 N–H and O–H groups in total. The van der Waals surface area contributed by atoms with E-state index in [-0.39, 0.29) is 16.7 Å². The van der Waals surface area contributed by atoms with E-state index in [0.29, 0.717) is 5.75 Å². The van der Waals surface area contributed by atoms with Crippen molar-refractivity contribution in [1.82, 2.24) is 9.97 Å². The van der Waals surface area contributed by atoms with Crippen LogP contribution < -0.4 is 10.5 Å². The van der Waals surface area contributed by atoms with Gasteiger partial charge < -0.3 is 10.5 Å². The van der Waals surface area contributed by atoms with Crippen molar-refractivity contribution in [2.24, 2.45) is 0 Å². The Kier molecular flexibility index (Phi) is 3.44. The molecule has 0 saturated carbocycles. The maximum atomic E-state index is 5.78. The third kappa shape index (κ3) is 2.65. The van der Waals surface area contributed by atoms with Crippen LogP contribution >= 0.6 is 11.6 Å². The van der Waals surface area contributed by atoms with E-state index in [1.807, 2.05) is 24.3 Å². The molecule has 0 aliphatic heterocycles. The Morgan fingerprint density at radius 1 is 1.35 bits per heavy atom. The van der Waals surface area contributed by atoms with Crippen LogP contribution in [0.25, 0.3) is 0 Å². The predicted octanol–water partition coefficient (Wildman–Crippen LogP) is 3.07. The number of halogens is 1. The summed E-state index contributed by atoms with van der Waals surface area (Å²) in [4.78, 5) is 7.71. The number of nitrogens with zero attached hydrogens (tertiary/aromatic N) is 2. The molecular formula is C12H12ClN3O. The number of nitrogen functional groups attached to an aromatic ring is 1. The second-order valence-corrected chi connectivity index (χ2v) is 3.84. The van der Waals surface area contributed by atoms with Crippen molar-refractivity contribution >= 4 is 17.3 Å². The van der Waals surface area contributed by atoms with Gasteiger partial charge in [0.15, 0.2) is 5.15 Å². The highest BCUT2D eigenvalue weighted by molar-refractivity contribution is 6.32. The highest BCUT2D eigenvalue weighted by Crippen LogP contribution is 2.29. The lowest BCUT2D eigenvalue weighted by molar-refractivity contribution is 0.463. The maximum absolute atomic E-state index is 5.78. The van der Waals surface area contributed by atoms with Crippen LogP contribution in [-0.4, -0.2) is 9.97 Å². The molecule has 0 unspecified atom stereocenters. The molecule has 2 rings (SSSR count). The first-order valence-corrected chi connectivity index (χ1v) is 5.61. The lowest BCUT2D eigenvalue weighted by Crippen LogP contribution is -1.97. The van der Waals surface area contributed by atoms with Crippen molar-refractivity contribution in [3.8, 4) is 11.6 Å². The van der Waals surface area contributed by atoms with Gasteiger partial charge in [-0.3, -0.25) is 0 Å².